The molecule has 0 aliphatic heterocycles. The molecule has 0 aliphatic rings. The molecule has 23 heavy (non-hydrogen) atoms. The van der Waals surface area contributed by atoms with Gasteiger partial charge in [0.1, 0.15) is 17.4 Å². The summed E-state index contributed by atoms with van der Waals surface area (Å²) in [5, 5.41) is 17.5. The molecule has 0 saturated heterocycles. The molecule has 1 aromatic carbocycles. The van der Waals surface area contributed by atoms with E-state index in [1.54, 1.807) is 18.2 Å². The molecule has 2 aromatic rings. The minimum atomic E-state index is -0.575. The number of methoxy groups -OCH3 is 1. The van der Waals surface area contributed by atoms with E-state index >= 15 is 0 Å². The zero-order valence-corrected chi connectivity index (χ0v) is 14.0. The smallest absolute Gasteiger partial charge is 0.267 e. The lowest BCUT2D eigenvalue weighted by Crippen LogP contribution is -2.15. The van der Waals surface area contributed by atoms with E-state index in [0.717, 1.165) is 5.69 Å². The van der Waals surface area contributed by atoms with Crippen molar-refractivity contribution in [3.8, 4) is 11.8 Å². The number of aromatic nitrogens is 1. The number of halogens is 1. The quantitative estimate of drug-likeness (QED) is 0.637. The zero-order valence-electron chi connectivity index (χ0n) is 12.4. The van der Waals surface area contributed by atoms with E-state index in [2.05, 4.69) is 15.6 Å². The van der Waals surface area contributed by atoms with Gasteiger partial charge in [0.05, 0.1) is 18.5 Å². The summed E-state index contributed by atoms with van der Waals surface area (Å²) in [5.74, 6) is -0.127. The Morgan fingerprint density at radius 3 is 2.91 bits per heavy atom. The number of nitrogens with zero attached hydrogens (tertiary/aromatic N) is 2. The van der Waals surface area contributed by atoms with Crippen LogP contribution in [0.25, 0.3) is 0 Å². The van der Waals surface area contributed by atoms with Crippen LogP contribution in [0, 0.1) is 18.3 Å². The van der Waals surface area contributed by atoms with Crippen molar-refractivity contribution in [3.63, 3.8) is 0 Å². The monoisotopic (exact) mass is 348 g/mol. The highest BCUT2D eigenvalue weighted by atomic mass is 35.5. The second kappa shape index (κ2) is 7.63. The van der Waals surface area contributed by atoms with Crippen molar-refractivity contribution in [1.29, 1.82) is 5.26 Å². The van der Waals surface area contributed by atoms with Crippen LogP contribution in [0.15, 0.2) is 35.4 Å². The summed E-state index contributed by atoms with van der Waals surface area (Å²) < 4.78 is 5.15. The third kappa shape index (κ3) is 4.45. The number of carbonyl (C=O) groups is 1. The molecular formula is C15H13ClN4O2S. The first-order valence-corrected chi connectivity index (χ1v) is 7.73. The topological polar surface area (TPSA) is 87.0 Å². The van der Waals surface area contributed by atoms with Gasteiger partial charge < -0.3 is 15.4 Å². The summed E-state index contributed by atoms with van der Waals surface area (Å²) >= 11 is 7.29. The Hall–Kier alpha value is -2.56. The first-order valence-electron chi connectivity index (χ1n) is 6.47. The van der Waals surface area contributed by atoms with E-state index in [1.807, 2.05) is 18.4 Å². The van der Waals surface area contributed by atoms with Gasteiger partial charge in [0.15, 0.2) is 5.13 Å². The van der Waals surface area contributed by atoms with E-state index in [-0.39, 0.29) is 5.57 Å². The van der Waals surface area contributed by atoms with Gasteiger partial charge in [0.25, 0.3) is 5.91 Å². The number of rotatable bonds is 5. The van der Waals surface area contributed by atoms with E-state index in [4.69, 9.17) is 21.6 Å². The van der Waals surface area contributed by atoms with Gasteiger partial charge in [-0.3, -0.25) is 4.79 Å². The Kier molecular flexibility index (Phi) is 5.57. The second-order valence-corrected chi connectivity index (χ2v) is 5.70. The first-order chi connectivity index (χ1) is 11.0. The third-order valence-corrected chi connectivity index (χ3v) is 3.86. The molecule has 0 radical (unpaired) electrons. The summed E-state index contributed by atoms with van der Waals surface area (Å²) in [4.78, 5) is 16.4. The number of amides is 1. The number of nitrogens with one attached hydrogen (secondary N) is 2. The van der Waals surface area contributed by atoms with Crippen LogP contribution in [0.2, 0.25) is 5.02 Å². The number of nitriles is 1. The molecule has 6 nitrogen and oxygen atoms in total. The highest BCUT2D eigenvalue weighted by Crippen LogP contribution is 2.28. The summed E-state index contributed by atoms with van der Waals surface area (Å²) in [6.07, 6.45) is 1.31. The van der Waals surface area contributed by atoms with Crippen LogP contribution >= 0.6 is 22.9 Å². The predicted molar refractivity (Wildman–Crippen MR) is 90.8 cm³/mol. The molecule has 0 bridgehead atoms. The van der Waals surface area contributed by atoms with Crippen LogP contribution in [0.1, 0.15) is 5.69 Å². The summed E-state index contributed by atoms with van der Waals surface area (Å²) in [6.45, 7) is 1.86. The lowest BCUT2D eigenvalue weighted by Gasteiger charge is -2.10. The maximum Gasteiger partial charge on any atom is 0.267 e. The van der Waals surface area contributed by atoms with Gasteiger partial charge in [-0.2, -0.15) is 5.26 Å². The molecule has 1 amide bonds. The molecule has 0 saturated carbocycles. The molecule has 0 unspecified atom stereocenters. The largest absolute Gasteiger partial charge is 0.495 e. The Morgan fingerprint density at radius 1 is 1.52 bits per heavy atom. The summed E-state index contributed by atoms with van der Waals surface area (Å²) in [5.41, 5.74) is 1.15. The van der Waals surface area contributed by atoms with Crippen molar-refractivity contribution in [2.45, 2.75) is 6.92 Å². The van der Waals surface area contributed by atoms with E-state index < -0.39 is 5.91 Å². The Balaban J connectivity index is 2.14. The van der Waals surface area contributed by atoms with Crippen molar-refractivity contribution in [1.82, 2.24) is 4.98 Å². The molecule has 118 valence electrons. The number of hydrogen-bond donors (Lipinski definition) is 2. The second-order valence-electron chi connectivity index (χ2n) is 4.41. The van der Waals surface area contributed by atoms with Gasteiger partial charge in [-0.05, 0) is 25.1 Å². The van der Waals surface area contributed by atoms with E-state index in [1.165, 1.54) is 24.6 Å². The highest BCUT2D eigenvalue weighted by Gasteiger charge is 2.13. The fourth-order valence-corrected chi connectivity index (χ4v) is 2.50. The van der Waals surface area contributed by atoms with Crippen molar-refractivity contribution in [2.75, 3.05) is 17.7 Å². The number of ether oxygens (including phenoxy) is 1. The van der Waals surface area contributed by atoms with Crippen LogP contribution < -0.4 is 15.4 Å². The predicted octanol–water partition coefficient (Wildman–Crippen LogP) is 3.57. The number of benzene rings is 1. The number of anilines is 2. The lowest BCUT2D eigenvalue weighted by molar-refractivity contribution is -0.112. The lowest BCUT2D eigenvalue weighted by atomic mass is 10.2. The zero-order chi connectivity index (χ0) is 16.8. The average molecular weight is 349 g/mol. The van der Waals surface area contributed by atoms with Crippen LogP contribution in [0.3, 0.4) is 0 Å². The maximum absolute atomic E-state index is 12.2. The van der Waals surface area contributed by atoms with Crippen molar-refractivity contribution < 1.29 is 9.53 Å². The van der Waals surface area contributed by atoms with Gasteiger partial charge in [-0.15, -0.1) is 11.3 Å². The fraction of sp³-hybridized carbons (Fsp3) is 0.133. The minimum Gasteiger partial charge on any atom is -0.495 e. The van der Waals surface area contributed by atoms with Crippen molar-refractivity contribution in [3.05, 3.63) is 46.1 Å². The molecule has 1 heterocycles. The molecule has 8 heteroatoms. The average Bonchev–Trinajstić information content (AvgIpc) is 2.93. The van der Waals surface area contributed by atoms with Gasteiger partial charge in [0, 0.05) is 16.6 Å². The summed E-state index contributed by atoms with van der Waals surface area (Å²) in [6, 6.07) is 6.66. The number of hydrogen-bond acceptors (Lipinski definition) is 6. The number of carbonyl (C=O) groups excluding carboxylic acids is 1. The van der Waals surface area contributed by atoms with Gasteiger partial charge in [0.2, 0.25) is 0 Å². The first kappa shape index (κ1) is 16.8. The highest BCUT2D eigenvalue weighted by molar-refractivity contribution is 7.13. The molecule has 0 fully saturated rings. The molecule has 2 N–H and O–H groups in total. The maximum atomic E-state index is 12.2. The summed E-state index contributed by atoms with van der Waals surface area (Å²) in [7, 11) is 1.48. The van der Waals surface area contributed by atoms with Crippen LogP contribution in [-0.4, -0.2) is 18.0 Å². The molecule has 0 atom stereocenters. The molecule has 2 rings (SSSR count). The van der Waals surface area contributed by atoms with Crippen molar-refractivity contribution in [2.24, 2.45) is 0 Å². The number of thiazole rings is 1. The fourth-order valence-electron chi connectivity index (χ4n) is 1.67. The molecular weight excluding hydrogens is 336 g/mol. The van der Waals surface area contributed by atoms with Crippen molar-refractivity contribution >= 4 is 39.7 Å². The van der Waals surface area contributed by atoms with Crippen LogP contribution in [0.5, 0.6) is 5.75 Å². The van der Waals surface area contributed by atoms with E-state index in [9.17, 15) is 4.79 Å². The third-order valence-electron chi connectivity index (χ3n) is 2.73. The Morgan fingerprint density at radius 2 is 2.30 bits per heavy atom. The van der Waals surface area contributed by atoms with E-state index in [0.29, 0.717) is 21.6 Å². The molecule has 0 aliphatic carbocycles. The van der Waals surface area contributed by atoms with Gasteiger partial charge >= 0.3 is 0 Å². The standard InChI is InChI=1S/C15H13ClN4O2S/c1-9-8-23-15(19-9)18-7-10(6-17)14(21)20-12-5-11(16)3-4-13(12)22-2/h3-5,7-8H,1-2H3,(H,18,19)(H,20,21)/b10-7-. The Bertz CT molecular complexity index is 795. The Labute approximate surface area is 142 Å². The van der Waals surface area contributed by atoms with Gasteiger partial charge in [-0.25, -0.2) is 4.98 Å². The molecule has 0 spiro atoms. The minimum absolute atomic E-state index is 0.0973. The molecule has 1 aromatic heterocycles. The van der Waals surface area contributed by atoms with Gasteiger partial charge in [-0.1, -0.05) is 11.6 Å². The SMILES string of the molecule is COc1ccc(Cl)cc1NC(=O)/C(C#N)=C\Nc1nc(C)cs1. The number of aryl methyl sites for hydroxylation is 1. The van der Waals surface area contributed by atoms with Crippen LogP contribution in [-0.2, 0) is 4.79 Å². The normalized spacial score (nSPS) is 10.8. The van der Waals surface area contributed by atoms with Crippen LogP contribution in [0.4, 0.5) is 10.8 Å².